The number of aromatic nitrogens is 1. The second kappa shape index (κ2) is 4.17. The summed E-state index contributed by atoms with van der Waals surface area (Å²) in [6.45, 7) is 1.94. The van der Waals surface area contributed by atoms with Crippen molar-refractivity contribution in [2.24, 2.45) is 11.8 Å². The van der Waals surface area contributed by atoms with Gasteiger partial charge in [-0.1, -0.05) is 24.3 Å². The molecule has 0 saturated heterocycles. The number of benzene rings is 1. The standard InChI is InChI=1S/C17H16N2O/c1-10-6-7-12(9-18-10)19-17(20)16-14-8-11-4-2-3-5-13(11)15(14)16/h2-7,9,14-16H,8H2,1H3,(H,19,20). The van der Waals surface area contributed by atoms with Gasteiger partial charge < -0.3 is 5.32 Å². The fourth-order valence-corrected chi connectivity index (χ4v) is 3.48. The van der Waals surface area contributed by atoms with Crippen molar-refractivity contribution in [1.82, 2.24) is 4.98 Å². The number of rotatable bonds is 2. The Hall–Kier alpha value is -2.16. The maximum absolute atomic E-state index is 12.3. The third-order valence-electron chi connectivity index (χ3n) is 4.52. The molecule has 1 aromatic carbocycles. The number of amides is 1. The van der Waals surface area contributed by atoms with Crippen LogP contribution in [0.15, 0.2) is 42.6 Å². The highest BCUT2D eigenvalue weighted by Crippen LogP contribution is 2.61. The van der Waals surface area contributed by atoms with Crippen LogP contribution in [-0.2, 0) is 11.2 Å². The van der Waals surface area contributed by atoms with E-state index in [0.717, 1.165) is 17.8 Å². The Bertz CT molecular complexity index is 678. The van der Waals surface area contributed by atoms with Gasteiger partial charge in [-0.05, 0) is 48.4 Å². The minimum absolute atomic E-state index is 0.139. The Balaban J connectivity index is 1.49. The smallest absolute Gasteiger partial charge is 0.228 e. The van der Waals surface area contributed by atoms with E-state index in [4.69, 9.17) is 0 Å². The van der Waals surface area contributed by atoms with E-state index in [9.17, 15) is 4.79 Å². The van der Waals surface area contributed by atoms with Crippen molar-refractivity contribution < 1.29 is 4.79 Å². The van der Waals surface area contributed by atoms with Crippen molar-refractivity contribution in [3.05, 3.63) is 59.4 Å². The monoisotopic (exact) mass is 264 g/mol. The quantitative estimate of drug-likeness (QED) is 0.906. The molecule has 2 aliphatic rings. The predicted octanol–water partition coefficient (Wildman–Crippen LogP) is 2.91. The average molecular weight is 264 g/mol. The van der Waals surface area contributed by atoms with E-state index in [1.807, 2.05) is 19.1 Å². The van der Waals surface area contributed by atoms with Gasteiger partial charge in [0.15, 0.2) is 0 Å². The molecular formula is C17H16N2O. The number of hydrogen-bond acceptors (Lipinski definition) is 2. The minimum atomic E-state index is 0.139. The molecule has 1 heterocycles. The van der Waals surface area contributed by atoms with Crippen LogP contribution in [0.2, 0.25) is 0 Å². The molecule has 3 atom stereocenters. The lowest BCUT2D eigenvalue weighted by atomic mass is 10.0. The van der Waals surface area contributed by atoms with Gasteiger partial charge in [0, 0.05) is 11.6 Å². The lowest BCUT2D eigenvalue weighted by Crippen LogP contribution is -2.17. The molecule has 0 radical (unpaired) electrons. The Kier molecular flexibility index (Phi) is 2.43. The normalized spacial score (nSPS) is 25.8. The predicted molar refractivity (Wildman–Crippen MR) is 77.5 cm³/mol. The average Bonchev–Trinajstić information content (AvgIpc) is 3.04. The second-order valence-corrected chi connectivity index (χ2v) is 5.80. The molecule has 2 aromatic rings. The van der Waals surface area contributed by atoms with Gasteiger partial charge in [-0.25, -0.2) is 0 Å². The molecule has 1 N–H and O–H groups in total. The summed E-state index contributed by atoms with van der Waals surface area (Å²) >= 11 is 0. The Morgan fingerprint density at radius 1 is 1.25 bits per heavy atom. The van der Waals surface area contributed by atoms with Crippen LogP contribution in [0.3, 0.4) is 0 Å². The Labute approximate surface area is 118 Å². The topological polar surface area (TPSA) is 42.0 Å². The van der Waals surface area contributed by atoms with Crippen LogP contribution in [0.25, 0.3) is 0 Å². The molecule has 1 saturated carbocycles. The van der Waals surface area contributed by atoms with Crippen LogP contribution >= 0.6 is 0 Å². The highest BCUT2D eigenvalue weighted by atomic mass is 16.2. The van der Waals surface area contributed by atoms with E-state index in [1.54, 1.807) is 6.20 Å². The van der Waals surface area contributed by atoms with Crippen LogP contribution in [0.5, 0.6) is 0 Å². The summed E-state index contributed by atoms with van der Waals surface area (Å²) < 4.78 is 0. The van der Waals surface area contributed by atoms with Crippen molar-refractivity contribution in [3.8, 4) is 0 Å². The van der Waals surface area contributed by atoms with Gasteiger partial charge in [0.05, 0.1) is 11.9 Å². The summed E-state index contributed by atoms with van der Waals surface area (Å²) in [5.74, 6) is 1.22. The SMILES string of the molecule is Cc1ccc(NC(=O)C2C3Cc4ccccc4C32)cn1. The maximum atomic E-state index is 12.3. The van der Waals surface area contributed by atoms with Crippen molar-refractivity contribution in [3.63, 3.8) is 0 Å². The molecule has 3 unspecified atom stereocenters. The molecular weight excluding hydrogens is 248 g/mol. The van der Waals surface area contributed by atoms with E-state index in [-0.39, 0.29) is 11.8 Å². The zero-order chi connectivity index (χ0) is 13.7. The lowest BCUT2D eigenvalue weighted by molar-refractivity contribution is -0.117. The van der Waals surface area contributed by atoms with Gasteiger partial charge in [0.1, 0.15) is 0 Å². The highest BCUT2D eigenvalue weighted by molar-refractivity contribution is 5.96. The summed E-state index contributed by atoms with van der Waals surface area (Å²) in [5, 5.41) is 2.99. The Morgan fingerprint density at radius 2 is 2.10 bits per heavy atom. The number of fused-ring (bicyclic) bond motifs is 3. The molecule has 1 amide bonds. The van der Waals surface area contributed by atoms with Gasteiger partial charge in [-0.3, -0.25) is 9.78 Å². The number of carbonyl (C=O) groups is 1. The second-order valence-electron chi connectivity index (χ2n) is 5.80. The minimum Gasteiger partial charge on any atom is -0.324 e. The first-order chi connectivity index (χ1) is 9.74. The van der Waals surface area contributed by atoms with E-state index in [2.05, 4.69) is 34.6 Å². The molecule has 3 nitrogen and oxygen atoms in total. The molecule has 20 heavy (non-hydrogen) atoms. The van der Waals surface area contributed by atoms with Crippen molar-refractivity contribution in [2.45, 2.75) is 19.3 Å². The summed E-state index contributed by atoms with van der Waals surface area (Å²) in [4.78, 5) is 16.5. The molecule has 0 aliphatic heterocycles. The van der Waals surface area contributed by atoms with Gasteiger partial charge in [-0.15, -0.1) is 0 Å². The molecule has 0 bridgehead atoms. The molecule has 1 fully saturated rings. The molecule has 3 heteroatoms. The van der Waals surface area contributed by atoms with Crippen LogP contribution in [-0.4, -0.2) is 10.9 Å². The van der Waals surface area contributed by atoms with Crippen LogP contribution < -0.4 is 5.32 Å². The summed E-state index contributed by atoms with van der Waals surface area (Å²) in [7, 11) is 0. The molecule has 1 aromatic heterocycles. The fourth-order valence-electron chi connectivity index (χ4n) is 3.48. The maximum Gasteiger partial charge on any atom is 0.228 e. The summed E-state index contributed by atoms with van der Waals surface area (Å²) in [6, 6.07) is 12.3. The van der Waals surface area contributed by atoms with Crippen LogP contribution in [0.4, 0.5) is 5.69 Å². The number of hydrogen-bond donors (Lipinski definition) is 1. The van der Waals surface area contributed by atoms with Crippen LogP contribution in [0, 0.1) is 18.8 Å². The number of nitrogens with zero attached hydrogens (tertiary/aromatic N) is 1. The first-order valence-electron chi connectivity index (χ1n) is 7.05. The van der Waals surface area contributed by atoms with Gasteiger partial charge in [-0.2, -0.15) is 0 Å². The van der Waals surface area contributed by atoms with Gasteiger partial charge >= 0.3 is 0 Å². The van der Waals surface area contributed by atoms with Crippen molar-refractivity contribution in [1.29, 1.82) is 0 Å². The van der Waals surface area contributed by atoms with E-state index in [1.165, 1.54) is 11.1 Å². The van der Waals surface area contributed by atoms with Crippen molar-refractivity contribution in [2.75, 3.05) is 5.32 Å². The number of aryl methyl sites for hydroxylation is 1. The van der Waals surface area contributed by atoms with E-state index in [0.29, 0.717) is 11.8 Å². The first kappa shape index (κ1) is 11.6. The summed E-state index contributed by atoms with van der Waals surface area (Å²) in [6.07, 6.45) is 2.77. The third kappa shape index (κ3) is 1.73. The molecule has 4 rings (SSSR count). The van der Waals surface area contributed by atoms with Gasteiger partial charge in [0.25, 0.3) is 0 Å². The number of anilines is 1. The number of nitrogens with one attached hydrogen (secondary N) is 1. The van der Waals surface area contributed by atoms with Gasteiger partial charge in [0.2, 0.25) is 5.91 Å². The third-order valence-corrected chi connectivity index (χ3v) is 4.52. The van der Waals surface area contributed by atoms with Crippen molar-refractivity contribution >= 4 is 11.6 Å². The van der Waals surface area contributed by atoms with E-state index >= 15 is 0 Å². The Morgan fingerprint density at radius 3 is 2.90 bits per heavy atom. The highest BCUT2D eigenvalue weighted by Gasteiger charge is 2.59. The largest absolute Gasteiger partial charge is 0.324 e. The summed E-state index contributed by atoms with van der Waals surface area (Å²) in [5.41, 5.74) is 4.54. The first-order valence-corrected chi connectivity index (χ1v) is 7.05. The molecule has 100 valence electrons. The molecule has 2 aliphatic carbocycles. The lowest BCUT2D eigenvalue weighted by Gasteiger charge is -2.08. The fraction of sp³-hybridized carbons (Fsp3) is 0.294. The zero-order valence-electron chi connectivity index (χ0n) is 11.3. The number of pyridine rings is 1. The molecule has 0 spiro atoms. The van der Waals surface area contributed by atoms with E-state index < -0.39 is 0 Å². The zero-order valence-corrected chi connectivity index (χ0v) is 11.3. The number of carbonyl (C=O) groups excluding carboxylic acids is 1. The van der Waals surface area contributed by atoms with Crippen LogP contribution in [0.1, 0.15) is 22.7 Å².